The van der Waals surface area contributed by atoms with Crippen LogP contribution in [0.4, 0.5) is 0 Å². The summed E-state index contributed by atoms with van der Waals surface area (Å²) in [6.45, 7) is 0. The van der Waals surface area contributed by atoms with Gasteiger partial charge >= 0.3 is 5.97 Å². The maximum Gasteiger partial charge on any atom is 0.306 e. The molecule has 1 aromatic rings. The molecule has 1 aromatic carbocycles. The van der Waals surface area contributed by atoms with Gasteiger partial charge in [0.15, 0.2) is 5.78 Å². The first kappa shape index (κ1) is 14.6. The quantitative estimate of drug-likeness (QED) is 0.839. The summed E-state index contributed by atoms with van der Waals surface area (Å²) in [6, 6.07) is 7.07. The van der Waals surface area contributed by atoms with E-state index in [4.69, 9.17) is 9.84 Å². The monoisotopic (exact) mass is 276 g/mol. The van der Waals surface area contributed by atoms with Gasteiger partial charge in [0.05, 0.1) is 13.0 Å². The molecule has 1 aliphatic carbocycles. The number of benzene rings is 1. The van der Waals surface area contributed by atoms with E-state index in [1.165, 1.54) is 0 Å². The summed E-state index contributed by atoms with van der Waals surface area (Å²) in [5, 5.41) is 9.07. The van der Waals surface area contributed by atoms with Crippen LogP contribution in [0, 0.1) is 11.8 Å². The van der Waals surface area contributed by atoms with E-state index in [0.29, 0.717) is 18.4 Å². The summed E-state index contributed by atoms with van der Waals surface area (Å²) < 4.78 is 5.06. The largest absolute Gasteiger partial charge is 0.497 e. The highest BCUT2D eigenvalue weighted by atomic mass is 16.5. The summed E-state index contributed by atoms with van der Waals surface area (Å²) >= 11 is 0. The summed E-state index contributed by atoms with van der Waals surface area (Å²) in [7, 11) is 1.59. The van der Waals surface area contributed by atoms with E-state index in [0.717, 1.165) is 25.0 Å². The van der Waals surface area contributed by atoms with Crippen LogP contribution in [0.2, 0.25) is 0 Å². The zero-order valence-electron chi connectivity index (χ0n) is 11.7. The zero-order valence-corrected chi connectivity index (χ0v) is 11.7. The van der Waals surface area contributed by atoms with Crippen molar-refractivity contribution in [1.82, 2.24) is 0 Å². The molecule has 108 valence electrons. The van der Waals surface area contributed by atoms with Crippen molar-refractivity contribution in [3.05, 3.63) is 29.8 Å². The fourth-order valence-corrected chi connectivity index (χ4v) is 2.86. The molecule has 0 saturated heterocycles. The SMILES string of the molecule is COc1ccc(C(=O)C[C@@H]2CCC[C@H](C(=O)O)C2)cc1. The predicted octanol–water partition coefficient (Wildman–Crippen LogP) is 3.16. The second-order valence-electron chi connectivity index (χ2n) is 5.42. The molecule has 2 rings (SSSR count). The molecule has 0 spiro atoms. The lowest BCUT2D eigenvalue weighted by Gasteiger charge is -2.26. The van der Waals surface area contributed by atoms with Crippen LogP contribution in [-0.2, 0) is 4.79 Å². The number of hydrogen-bond acceptors (Lipinski definition) is 3. The molecule has 20 heavy (non-hydrogen) atoms. The fraction of sp³-hybridized carbons (Fsp3) is 0.500. The van der Waals surface area contributed by atoms with E-state index in [-0.39, 0.29) is 17.6 Å². The van der Waals surface area contributed by atoms with Crippen LogP contribution in [0.3, 0.4) is 0 Å². The van der Waals surface area contributed by atoms with Crippen LogP contribution < -0.4 is 4.74 Å². The number of carboxylic acids is 1. The maximum absolute atomic E-state index is 12.2. The second kappa shape index (κ2) is 6.55. The third kappa shape index (κ3) is 3.59. The first-order chi connectivity index (χ1) is 9.60. The summed E-state index contributed by atoms with van der Waals surface area (Å²) in [5.41, 5.74) is 0.670. The number of hydrogen-bond donors (Lipinski definition) is 1. The Morgan fingerprint density at radius 3 is 2.55 bits per heavy atom. The average molecular weight is 276 g/mol. The van der Waals surface area contributed by atoms with Gasteiger partial charge in [-0.15, -0.1) is 0 Å². The molecule has 1 N–H and O–H groups in total. The van der Waals surface area contributed by atoms with Crippen molar-refractivity contribution in [2.45, 2.75) is 32.1 Å². The number of carboxylic acid groups (broad SMARTS) is 1. The van der Waals surface area contributed by atoms with Crippen LogP contribution in [0.15, 0.2) is 24.3 Å². The van der Waals surface area contributed by atoms with Gasteiger partial charge in [-0.25, -0.2) is 0 Å². The third-order valence-corrected chi connectivity index (χ3v) is 4.02. The van der Waals surface area contributed by atoms with Gasteiger partial charge in [0.2, 0.25) is 0 Å². The number of ether oxygens (including phenoxy) is 1. The van der Waals surface area contributed by atoms with Gasteiger partial charge in [0.1, 0.15) is 5.75 Å². The van der Waals surface area contributed by atoms with Crippen molar-refractivity contribution in [2.75, 3.05) is 7.11 Å². The molecule has 1 saturated carbocycles. The summed E-state index contributed by atoms with van der Waals surface area (Å²) in [6.07, 6.45) is 3.65. The van der Waals surface area contributed by atoms with E-state index in [1.54, 1.807) is 31.4 Å². The van der Waals surface area contributed by atoms with Gasteiger partial charge < -0.3 is 9.84 Å². The molecule has 0 radical (unpaired) electrons. The number of ketones is 1. The zero-order chi connectivity index (χ0) is 14.5. The van der Waals surface area contributed by atoms with E-state index in [1.807, 2.05) is 0 Å². The molecule has 0 heterocycles. The van der Waals surface area contributed by atoms with E-state index in [9.17, 15) is 9.59 Å². The van der Waals surface area contributed by atoms with Crippen molar-refractivity contribution in [2.24, 2.45) is 11.8 Å². The molecular weight excluding hydrogens is 256 g/mol. The van der Waals surface area contributed by atoms with Crippen molar-refractivity contribution >= 4 is 11.8 Å². The lowest BCUT2D eigenvalue weighted by molar-refractivity contribution is -0.143. The highest BCUT2D eigenvalue weighted by Gasteiger charge is 2.28. The Labute approximate surface area is 118 Å². The first-order valence-corrected chi connectivity index (χ1v) is 7.00. The Balaban J connectivity index is 1.94. The van der Waals surface area contributed by atoms with E-state index >= 15 is 0 Å². The smallest absolute Gasteiger partial charge is 0.306 e. The molecule has 4 nitrogen and oxygen atoms in total. The highest BCUT2D eigenvalue weighted by molar-refractivity contribution is 5.96. The van der Waals surface area contributed by atoms with Crippen LogP contribution in [0.1, 0.15) is 42.5 Å². The standard InChI is InChI=1S/C16H20O4/c1-20-14-7-5-12(6-8-14)15(17)10-11-3-2-4-13(9-11)16(18)19/h5-8,11,13H,2-4,9-10H2,1H3,(H,18,19)/t11-,13+/m1/s1. The van der Waals surface area contributed by atoms with Gasteiger partial charge in [0.25, 0.3) is 0 Å². The number of rotatable bonds is 5. The van der Waals surface area contributed by atoms with Crippen LogP contribution >= 0.6 is 0 Å². The Hall–Kier alpha value is -1.84. The summed E-state index contributed by atoms with van der Waals surface area (Å²) in [4.78, 5) is 23.2. The number of carbonyl (C=O) groups is 2. The molecule has 0 unspecified atom stereocenters. The molecular formula is C16H20O4. The highest BCUT2D eigenvalue weighted by Crippen LogP contribution is 2.32. The molecule has 1 fully saturated rings. The Morgan fingerprint density at radius 2 is 1.95 bits per heavy atom. The van der Waals surface area contributed by atoms with Crippen molar-refractivity contribution in [1.29, 1.82) is 0 Å². The molecule has 1 aliphatic rings. The Kier molecular flexibility index (Phi) is 4.77. The number of methoxy groups -OCH3 is 1. The number of aliphatic carboxylic acids is 1. The second-order valence-corrected chi connectivity index (χ2v) is 5.42. The van der Waals surface area contributed by atoms with E-state index in [2.05, 4.69) is 0 Å². The Bertz CT molecular complexity index is 478. The normalized spacial score (nSPS) is 22.2. The van der Waals surface area contributed by atoms with Crippen LogP contribution in [0.5, 0.6) is 5.75 Å². The lowest BCUT2D eigenvalue weighted by Crippen LogP contribution is -2.24. The minimum absolute atomic E-state index is 0.0868. The van der Waals surface area contributed by atoms with Gasteiger partial charge in [-0.3, -0.25) is 9.59 Å². The van der Waals surface area contributed by atoms with Crippen LogP contribution in [0.25, 0.3) is 0 Å². The topological polar surface area (TPSA) is 63.6 Å². The number of carbonyl (C=O) groups excluding carboxylic acids is 1. The summed E-state index contributed by atoms with van der Waals surface area (Å²) in [5.74, 6) is -0.00249. The molecule has 4 heteroatoms. The molecule has 0 aliphatic heterocycles. The third-order valence-electron chi connectivity index (χ3n) is 4.02. The van der Waals surface area contributed by atoms with Crippen molar-refractivity contribution in [3.8, 4) is 5.75 Å². The first-order valence-electron chi connectivity index (χ1n) is 7.00. The molecule has 0 bridgehead atoms. The minimum atomic E-state index is -0.730. The predicted molar refractivity (Wildman–Crippen MR) is 75.0 cm³/mol. The molecule has 0 aromatic heterocycles. The minimum Gasteiger partial charge on any atom is -0.497 e. The molecule has 0 amide bonds. The Morgan fingerprint density at radius 1 is 1.25 bits per heavy atom. The van der Waals surface area contributed by atoms with Gasteiger partial charge in [-0.05, 0) is 49.4 Å². The van der Waals surface area contributed by atoms with Gasteiger partial charge in [-0.2, -0.15) is 0 Å². The van der Waals surface area contributed by atoms with E-state index < -0.39 is 5.97 Å². The van der Waals surface area contributed by atoms with Gasteiger partial charge in [0, 0.05) is 12.0 Å². The maximum atomic E-state index is 12.2. The number of Topliss-reactive ketones (excluding diaryl/α,β-unsaturated/α-hetero) is 1. The molecule has 2 atom stereocenters. The fourth-order valence-electron chi connectivity index (χ4n) is 2.86. The van der Waals surface area contributed by atoms with Crippen molar-refractivity contribution in [3.63, 3.8) is 0 Å². The van der Waals surface area contributed by atoms with Crippen LogP contribution in [-0.4, -0.2) is 24.0 Å². The van der Waals surface area contributed by atoms with Gasteiger partial charge in [-0.1, -0.05) is 6.42 Å². The lowest BCUT2D eigenvalue weighted by atomic mass is 9.78. The average Bonchev–Trinajstić information content (AvgIpc) is 2.47. The van der Waals surface area contributed by atoms with Crippen molar-refractivity contribution < 1.29 is 19.4 Å².